The number of aliphatic carboxylic acids is 1. The first-order valence-corrected chi connectivity index (χ1v) is 8.27. The van der Waals surface area contributed by atoms with Crippen LogP contribution in [0.4, 0.5) is 0 Å². The van der Waals surface area contributed by atoms with E-state index in [0.717, 1.165) is 5.75 Å². The summed E-state index contributed by atoms with van der Waals surface area (Å²) < 4.78 is 5.02. The third-order valence-electron chi connectivity index (χ3n) is 3.15. The SMILES string of the molecule is CCOC(=O)C(CCSCC)(C(=O)O)c1ccccc1Cl. The van der Waals surface area contributed by atoms with Gasteiger partial charge in [0.1, 0.15) is 0 Å². The first-order chi connectivity index (χ1) is 10.0. The van der Waals surface area contributed by atoms with Gasteiger partial charge in [-0.3, -0.25) is 9.59 Å². The minimum absolute atomic E-state index is 0.124. The van der Waals surface area contributed by atoms with Gasteiger partial charge in [0.05, 0.1) is 6.61 Å². The number of hydrogen-bond donors (Lipinski definition) is 1. The lowest BCUT2D eigenvalue weighted by Gasteiger charge is -2.28. The Bertz CT molecular complexity index is 506. The van der Waals surface area contributed by atoms with Crippen molar-refractivity contribution in [2.45, 2.75) is 25.7 Å². The molecule has 0 saturated carbocycles. The molecule has 0 fully saturated rings. The number of carboxylic acid groups (broad SMARTS) is 1. The Morgan fingerprint density at radius 1 is 1.33 bits per heavy atom. The fourth-order valence-corrected chi connectivity index (χ4v) is 3.12. The quantitative estimate of drug-likeness (QED) is 0.450. The largest absolute Gasteiger partial charge is 0.480 e. The predicted molar refractivity (Wildman–Crippen MR) is 85.0 cm³/mol. The zero-order valence-corrected chi connectivity index (χ0v) is 13.7. The molecule has 0 radical (unpaired) electrons. The van der Waals surface area contributed by atoms with Crippen molar-refractivity contribution in [2.75, 3.05) is 18.1 Å². The van der Waals surface area contributed by atoms with Crippen LogP contribution in [0, 0.1) is 0 Å². The zero-order chi connectivity index (χ0) is 15.9. The molecule has 1 aromatic carbocycles. The van der Waals surface area contributed by atoms with Crippen LogP contribution in [0.3, 0.4) is 0 Å². The second-order valence-electron chi connectivity index (χ2n) is 4.36. The zero-order valence-electron chi connectivity index (χ0n) is 12.1. The lowest BCUT2D eigenvalue weighted by molar-refractivity contribution is -0.161. The van der Waals surface area contributed by atoms with E-state index in [4.69, 9.17) is 16.3 Å². The maximum Gasteiger partial charge on any atom is 0.328 e. The van der Waals surface area contributed by atoms with E-state index >= 15 is 0 Å². The van der Waals surface area contributed by atoms with Crippen LogP contribution in [0.5, 0.6) is 0 Å². The van der Waals surface area contributed by atoms with Gasteiger partial charge in [-0.15, -0.1) is 0 Å². The van der Waals surface area contributed by atoms with Crippen molar-refractivity contribution < 1.29 is 19.4 Å². The van der Waals surface area contributed by atoms with Crippen LogP contribution in [0.25, 0.3) is 0 Å². The molecule has 0 amide bonds. The van der Waals surface area contributed by atoms with Crippen molar-refractivity contribution in [3.63, 3.8) is 0 Å². The number of carboxylic acids is 1. The first kappa shape index (κ1) is 17.9. The van der Waals surface area contributed by atoms with E-state index < -0.39 is 17.4 Å². The standard InChI is InChI=1S/C15H19ClO4S/c1-3-20-14(19)15(13(17)18,9-10-21-4-2)11-7-5-6-8-12(11)16/h5-8H,3-4,9-10H2,1-2H3,(H,17,18). The Balaban J connectivity index is 3.33. The van der Waals surface area contributed by atoms with E-state index in [1.807, 2.05) is 6.92 Å². The van der Waals surface area contributed by atoms with Gasteiger partial charge in [-0.05, 0) is 36.5 Å². The molecular weight excluding hydrogens is 312 g/mol. The fraction of sp³-hybridized carbons (Fsp3) is 0.467. The third-order valence-corrected chi connectivity index (χ3v) is 4.38. The van der Waals surface area contributed by atoms with Crippen molar-refractivity contribution in [1.82, 2.24) is 0 Å². The highest BCUT2D eigenvalue weighted by atomic mass is 35.5. The number of carbonyl (C=O) groups excluding carboxylic acids is 1. The van der Waals surface area contributed by atoms with E-state index in [0.29, 0.717) is 5.75 Å². The number of ether oxygens (including phenoxy) is 1. The van der Waals surface area contributed by atoms with Crippen LogP contribution < -0.4 is 0 Å². The van der Waals surface area contributed by atoms with Crippen molar-refractivity contribution in [1.29, 1.82) is 0 Å². The summed E-state index contributed by atoms with van der Waals surface area (Å²) in [7, 11) is 0. The van der Waals surface area contributed by atoms with Crippen LogP contribution >= 0.6 is 23.4 Å². The number of halogens is 1. The Morgan fingerprint density at radius 2 is 2.00 bits per heavy atom. The van der Waals surface area contributed by atoms with E-state index in [2.05, 4.69) is 0 Å². The van der Waals surface area contributed by atoms with Crippen LogP contribution in [-0.2, 0) is 19.7 Å². The van der Waals surface area contributed by atoms with Crippen molar-refractivity contribution in [3.05, 3.63) is 34.9 Å². The maximum atomic E-state index is 12.4. The molecule has 6 heteroatoms. The fourth-order valence-electron chi connectivity index (χ4n) is 2.09. The highest BCUT2D eigenvalue weighted by Gasteiger charge is 2.50. The molecule has 1 atom stereocenters. The summed E-state index contributed by atoms with van der Waals surface area (Å²) in [5, 5.41) is 9.99. The number of carbonyl (C=O) groups is 2. The molecule has 0 aromatic heterocycles. The smallest absolute Gasteiger partial charge is 0.328 e. The average molecular weight is 331 g/mol. The average Bonchev–Trinajstić information content (AvgIpc) is 2.44. The lowest BCUT2D eigenvalue weighted by Crippen LogP contribution is -2.46. The van der Waals surface area contributed by atoms with Crippen molar-refractivity contribution >= 4 is 35.3 Å². The van der Waals surface area contributed by atoms with E-state index in [1.165, 1.54) is 0 Å². The summed E-state index contributed by atoms with van der Waals surface area (Å²) >= 11 is 7.71. The monoisotopic (exact) mass is 330 g/mol. The van der Waals surface area contributed by atoms with E-state index in [1.54, 1.807) is 43.0 Å². The number of benzene rings is 1. The highest BCUT2D eigenvalue weighted by Crippen LogP contribution is 2.36. The summed E-state index contributed by atoms with van der Waals surface area (Å²) in [6, 6.07) is 6.53. The van der Waals surface area contributed by atoms with Gasteiger partial charge in [0, 0.05) is 5.02 Å². The molecule has 1 N–H and O–H groups in total. The second kappa shape index (κ2) is 8.29. The van der Waals surface area contributed by atoms with Gasteiger partial charge >= 0.3 is 11.9 Å². The van der Waals surface area contributed by atoms with Crippen LogP contribution in [-0.4, -0.2) is 35.2 Å². The number of rotatable bonds is 8. The molecule has 1 aromatic rings. The molecule has 4 nitrogen and oxygen atoms in total. The molecule has 21 heavy (non-hydrogen) atoms. The van der Waals surface area contributed by atoms with Crippen molar-refractivity contribution in [3.8, 4) is 0 Å². The number of thioether (sulfide) groups is 1. The predicted octanol–water partition coefficient (Wildman–Crippen LogP) is 3.37. The van der Waals surface area contributed by atoms with Gasteiger partial charge < -0.3 is 9.84 Å². The maximum absolute atomic E-state index is 12.4. The highest BCUT2D eigenvalue weighted by molar-refractivity contribution is 7.99. The van der Waals surface area contributed by atoms with Crippen molar-refractivity contribution in [2.24, 2.45) is 0 Å². The molecular formula is C15H19ClO4S. The van der Waals surface area contributed by atoms with E-state index in [-0.39, 0.29) is 23.6 Å². The normalized spacial score (nSPS) is 13.5. The number of hydrogen-bond acceptors (Lipinski definition) is 4. The molecule has 0 aliphatic carbocycles. The molecule has 0 spiro atoms. The van der Waals surface area contributed by atoms with Gasteiger partial charge in [0.15, 0.2) is 5.41 Å². The van der Waals surface area contributed by atoms with Crippen LogP contribution in [0.1, 0.15) is 25.8 Å². The summed E-state index contributed by atoms with van der Waals surface area (Å²) in [5.41, 5.74) is -1.47. The summed E-state index contributed by atoms with van der Waals surface area (Å²) in [6.07, 6.45) is 0.142. The van der Waals surface area contributed by atoms with Gasteiger partial charge in [0.2, 0.25) is 0 Å². The molecule has 0 saturated heterocycles. The molecule has 116 valence electrons. The Morgan fingerprint density at radius 3 is 2.52 bits per heavy atom. The third kappa shape index (κ3) is 3.92. The van der Waals surface area contributed by atoms with Gasteiger partial charge in [0.25, 0.3) is 0 Å². The molecule has 0 aliphatic heterocycles. The Labute approximate surface area is 133 Å². The lowest BCUT2D eigenvalue weighted by atomic mass is 9.78. The number of esters is 1. The second-order valence-corrected chi connectivity index (χ2v) is 6.16. The molecule has 1 rings (SSSR count). The minimum Gasteiger partial charge on any atom is -0.480 e. The summed E-state index contributed by atoms with van der Waals surface area (Å²) in [4.78, 5) is 24.3. The van der Waals surface area contributed by atoms with Crippen LogP contribution in [0.2, 0.25) is 5.02 Å². The van der Waals surface area contributed by atoms with Gasteiger partial charge in [-0.25, -0.2) is 0 Å². The van der Waals surface area contributed by atoms with Crippen LogP contribution in [0.15, 0.2) is 24.3 Å². The Kier molecular flexibility index (Phi) is 7.05. The first-order valence-electron chi connectivity index (χ1n) is 6.74. The molecule has 0 aliphatic rings. The minimum atomic E-state index is -1.75. The van der Waals surface area contributed by atoms with Gasteiger partial charge in [-0.1, -0.05) is 36.7 Å². The topological polar surface area (TPSA) is 63.6 Å². The van der Waals surface area contributed by atoms with Gasteiger partial charge in [-0.2, -0.15) is 11.8 Å². The van der Waals surface area contributed by atoms with E-state index in [9.17, 15) is 14.7 Å². The summed E-state index contributed by atoms with van der Waals surface area (Å²) in [5.74, 6) is -0.610. The molecule has 1 unspecified atom stereocenters. The summed E-state index contributed by atoms with van der Waals surface area (Å²) in [6.45, 7) is 3.75. The molecule has 0 heterocycles. The molecule has 0 bridgehead atoms. The Hall–Kier alpha value is -1.20.